The van der Waals surface area contributed by atoms with Crippen molar-refractivity contribution in [2.45, 2.75) is 44.9 Å². The molecule has 4 heteroatoms. The van der Waals surface area contributed by atoms with E-state index in [4.69, 9.17) is 4.42 Å². The molecule has 1 aromatic heterocycles. The molecule has 2 aromatic rings. The summed E-state index contributed by atoms with van der Waals surface area (Å²) in [5.74, 6) is 0.284. The van der Waals surface area contributed by atoms with E-state index in [0.717, 1.165) is 18.4 Å². The van der Waals surface area contributed by atoms with Gasteiger partial charge in [0, 0.05) is 19.0 Å². The minimum atomic E-state index is -0.390. The lowest BCUT2D eigenvalue weighted by atomic mass is 9.92. The fourth-order valence-electron chi connectivity index (χ4n) is 3.26. The van der Waals surface area contributed by atoms with Crippen LogP contribution in [-0.2, 0) is 7.05 Å². The minimum Gasteiger partial charge on any atom is -0.408 e. The Morgan fingerprint density at radius 1 is 1.24 bits per heavy atom. The summed E-state index contributed by atoms with van der Waals surface area (Å²) in [7, 11) is 1.67. The van der Waals surface area contributed by atoms with Gasteiger partial charge in [-0.1, -0.05) is 38.5 Å². The Morgan fingerprint density at radius 3 is 2.67 bits per heavy atom. The molecule has 1 heterocycles. The maximum Gasteiger partial charge on any atom is 0.419 e. The fourth-order valence-corrected chi connectivity index (χ4v) is 3.26. The molecule has 0 bridgehead atoms. The van der Waals surface area contributed by atoms with Crippen molar-refractivity contribution in [3.8, 4) is 0 Å². The summed E-state index contributed by atoms with van der Waals surface area (Å²) in [5, 5.41) is 0. The zero-order valence-electron chi connectivity index (χ0n) is 12.4. The van der Waals surface area contributed by atoms with Gasteiger partial charge in [-0.3, -0.25) is 9.36 Å². The Bertz CT molecular complexity index is 702. The van der Waals surface area contributed by atoms with Crippen molar-refractivity contribution in [3.63, 3.8) is 0 Å². The Kier molecular flexibility index (Phi) is 3.95. The predicted octanol–water partition coefficient (Wildman–Crippen LogP) is 3.67. The molecule has 0 unspecified atom stereocenters. The third-order valence-corrected chi connectivity index (χ3v) is 4.56. The number of nitrogens with zero attached hydrogens (tertiary/aromatic N) is 1. The van der Waals surface area contributed by atoms with Gasteiger partial charge in [0.1, 0.15) is 0 Å². The number of hydrogen-bond donors (Lipinski definition) is 0. The van der Waals surface area contributed by atoms with Crippen molar-refractivity contribution in [1.29, 1.82) is 0 Å². The zero-order valence-corrected chi connectivity index (χ0v) is 12.4. The van der Waals surface area contributed by atoms with Gasteiger partial charge in [0.05, 0.1) is 5.52 Å². The molecule has 21 heavy (non-hydrogen) atoms. The van der Waals surface area contributed by atoms with Crippen LogP contribution in [0.15, 0.2) is 27.4 Å². The standard InChI is InChI=1S/C17H21NO3/c1-18-14-9-8-13(11-16(14)21-17(18)20)15(19)10-12-6-4-2-3-5-7-12/h8-9,11-12H,2-7,10H2,1H3. The van der Waals surface area contributed by atoms with Crippen LogP contribution in [0.3, 0.4) is 0 Å². The predicted molar refractivity (Wildman–Crippen MR) is 81.6 cm³/mol. The molecule has 4 nitrogen and oxygen atoms in total. The average molecular weight is 287 g/mol. The van der Waals surface area contributed by atoms with Crippen LogP contribution in [0.25, 0.3) is 11.1 Å². The maximum absolute atomic E-state index is 12.4. The summed E-state index contributed by atoms with van der Waals surface area (Å²) in [4.78, 5) is 23.9. The molecule has 1 saturated carbocycles. The van der Waals surface area contributed by atoms with E-state index in [-0.39, 0.29) is 5.78 Å². The number of rotatable bonds is 3. The van der Waals surface area contributed by atoms with E-state index >= 15 is 0 Å². The number of carbonyl (C=O) groups is 1. The van der Waals surface area contributed by atoms with Gasteiger partial charge in [0.2, 0.25) is 0 Å². The minimum absolute atomic E-state index is 0.162. The van der Waals surface area contributed by atoms with Crippen LogP contribution >= 0.6 is 0 Å². The van der Waals surface area contributed by atoms with Gasteiger partial charge in [-0.15, -0.1) is 0 Å². The highest BCUT2D eigenvalue weighted by Gasteiger charge is 2.18. The number of aromatic nitrogens is 1. The number of aryl methyl sites for hydroxylation is 1. The summed E-state index contributed by atoms with van der Waals surface area (Å²) in [5.41, 5.74) is 1.88. The van der Waals surface area contributed by atoms with E-state index in [1.165, 1.54) is 30.3 Å². The second-order valence-electron chi connectivity index (χ2n) is 6.09. The highest BCUT2D eigenvalue weighted by molar-refractivity contribution is 5.98. The van der Waals surface area contributed by atoms with Crippen molar-refractivity contribution in [1.82, 2.24) is 4.57 Å². The Balaban J connectivity index is 1.79. The van der Waals surface area contributed by atoms with Gasteiger partial charge in [-0.05, 0) is 24.1 Å². The highest BCUT2D eigenvalue weighted by Crippen LogP contribution is 2.27. The lowest BCUT2D eigenvalue weighted by molar-refractivity contribution is 0.0957. The first-order chi connectivity index (χ1) is 10.1. The summed E-state index contributed by atoms with van der Waals surface area (Å²) in [6.45, 7) is 0. The van der Waals surface area contributed by atoms with Crippen LogP contribution in [0.4, 0.5) is 0 Å². The van der Waals surface area contributed by atoms with Crippen LogP contribution in [-0.4, -0.2) is 10.4 Å². The molecular weight excluding hydrogens is 266 g/mol. The Labute approximate surface area is 123 Å². The van der Waals surface area contributed by atoms with Gasteiger partial charge in [-0.25, -0.2) is 4.79 Å². The third-order valence-electron chi connectivity index (χ3n) is 4.56. The molecule has 0 radical (unpaired) electrons. The lowest BCUT2D eigenvalue weighted by Gasteiger charge is -2.12. The number of oxazole rings is 1. The molecule has 0 spiro atoms. The first kappa shape index (κ1) is 14.1. The number of hydrogen-bond acceptors (Lipinski definition) is 3. The quantitative estimate of drug-likeness (QED) is 0.639. The number of carbonyl (C=O) groups excluding carboxylic acids is 1. The molecule has 0 N–H and O–H groups in total. The molecule has 0 amide bonds. The van der Waals surface area contributed by atoms with Crippen molar-refractivity contribution in [2.24, 2.45) is 13.0 Å². The topological polar surface area (TPSA) is 52.2 Å². The Hall–Kier alpha value is -1.84. The normalized spacial score (nSPS) is 17.0. The monoisotopic (exact) mass is 287 g/mol. The number of fused-ring (bicyclic) bond motifs is 1. The molecule has 0 atom stereocenters. The summed E-state index contributed by atoms with van der Waals surface area (Å²) < 4.78 is 6.61. The summed E-state index contributed by atoms with van der Waals surface area (Å²) in [6, 6.07) is 5.30. The van der Waals surface area contributed by atoms with Gasteiger partial charge in [-0.2, -0.15) is 0 Å². The average Bonchev–Trinajstić information content (AvgIpc) is 2.67. The molecular formula is C17H21NO3. The largest absolute Gasteiger partial charge is 0.419 e. The zero-order chi connectivity index (χ0) is 14.8. The van der Waals surface area contributed by atoms with Crippen LogP contribution in [0.5, 0.6) is 0 Å². The second-order valence-corrected chi connectivity index (χ2v) is 6.09. The van der Waals surface area contributed by atoms with Crippen molar-refractivity contribution >= 4 is 16.9 Å². The molecule has 0 saturated heterocycles. The smallest absolute Gasteiger partial charge is 0.408 e. The first-order valence-electron chi connectivity index (χ1n) is 7.78. The second kappa shape index (κ2) is 5.88. The van der Waals surface area contributed by atoms with Crippen LogP contribution < -0.4 is 5.76 Å². The molecule has 0 aliphatic heterocycles. The summed E-state index contributed by atoms with van der Waals surface area (Å²) in [6.07, 6.45) is 8.01. The van der Waals surface area contributed by atoms with Gasteiger partial charge in [0.25, 0.3) is 0 Å². The maximum atomic E-state index is 12.4. The molecule has 1 aliphatic carbocycles. The van der Waals surface area contributed by atoms with E-state index in [0.29, 0.717) is 23.5 Å². The van der Waals surface area contributed by atoms with Crippen molar-refractivity contribution in [3.05, 3.63) is 34.3 Å². The molecule has 1 aromatic carbocycles. The Morgan fingerprint density at radius 2 is 1.95 bits per heavy atom. The number of ketones is 1. The lowest BCUT2D eigenvalue weighted by Crippen LogP contribution is -2.09. The van der Waals surface area contributed by atoms with E-state index in [9.17, 15) is 9.59 Å². The molecule has 1 aliphatic rings. The highest BCUT2D eigenvalue weighted by atomic mass is 16.4. The number of benzene rings is 1. The van der Waals surface area contributed by atoms with Crippen LogP contribution in [0.2, 0.25) is 0 Å². The van der Waals surface area contributed by atoms with Gasteiger partial charge >= 0.3 is 5.76 Å². The van der Waals surface area contributed by atoms with E-state index in [2.05, 4.69) is 0 Å². The van der Waals surface area contributed by atoms with E-state index in [1.807, 2.05) is 0 Å². The van der Waals surface area contributed by atoms with Gasteiger partial charge in [0.15, 0.2) is 11.4 Å². The molecule has 1 fully saturated rings. The first-order valence-corrected chi connectivity index (χ1v) is 7.78. The van der Waals surface area contributed by atoms with Crippen molar-refractivity contribution < 1.29 is 9.21 Å². The molecule has 112 valence electrons. The van der Waals surface area contributed by atoms with Crippen LogP contribution in [0, 0.1) is 5.92 Å². The fraction of sp³-hybridized carbons (Fsp3) is 0.529. The number of Topliss-reactive ketones (excluding diaryl/α,β-unsaturated/α-hetero) is 1. The SMILES string of the molecule is Cn1c(=O)oc2cc(C(=O)CC3CCCCCC3)ccc21. The third kappa shape index (κ3) is 2.94. The van der Waals surface area contributed by atoms with E-state index in [1.54, 1.807) is 25.2 Å². The van der Waals surface area contributed by atoms with Crippen LogP contribution in [0.1, 0.15) is 55.3 Å². The van der Waals surface area contributed by atoms with Gasteiger partial charge < -0.3 is 4.42 Å². The molecule has 3 rings (SSSR count). The van der Waals surface area contributed by atoms with Crippen molar-refractivity contribution in [2.75, 3.05) is 0 Å². The van der Waals surface area contributed by atoms with E-state index < -0.39 is 5.76 Å². The summed E-state index contributed by atoms with van der Waals surface area (Å²) >= 11 is 0.